The van der Waals surface area contributed by atoms with Gasteiger partial charge in [0.1, 0.15) is 0 Å². The molecule has 1 aromatic rings. The first-order valence-corrected chi connectivity index (χ1v) is 7.97. The first-order chi connectivity index (χ1) is 8.95. The largest absolute Gasteiger partial charge is 0.574 e. The van der Waals surface area contributed by atoms with Crippen LogP contribution in [-0.4, -0.2) is 19.8 Å². The van der Waals surface area contributed by atoms with E-state index in [1.165, 1.54) is 0 Å². The second-order valence-corrected chi connectivity index (χ2v) is 6.33. The first kappa shape index (κ1) is 17.4. The Morgan fingerprint density at radius 3 is 2.30 bits per heavy atom. The Balaban J connectivity index is 3.58. The van der Waals surface area contributed by atoms with Gasteiger partial charge in [0, 0.05) is 16.0 Å². The van der Waals surface area contributed by atoms with Gasteiger partial charge in [-0.2, -0.15) is 4.98 Å². The summed E-state index contributed by atoms with van der Waals surface area (Å²) < 4.78 is 87.5. The van der Waals surface area contributed by atoms with Gasteiger partial charge in [0.25, 0.3) is 15.5 Å². The van der Waals surface area contributed by atoms with Crippen molar-refractivity contribution < 1.29 is 35.1 Å². The van der Waals surface area contributed by atoms with E-state index in [0.29, 0.717) is 6.07 Å². The van der Waals surface area contributed by atoms with Crippen LogP contribution in [0.2, 0.25) is 0 Å². The summed E-state index contributed by atoms with van der Waals surface area (Å²) in [5.74, 6) is -1.55. The number of hydrogen-bond donors (Lipinski definition) is 0. The molecule has 1 heterocycles. The zero-order valence-electron chi connectivity index (χ0n) is 9.09. The molecular formula is C8H4BrClF5NO3S. The summed E-state index contributed by atoms with van der Waals surface area (Å²) in [6.07, 6.45) is -8.66. The Bertz CT molecular complexity index is 607. The molecule has 20 heavy (non-hydrogen) atoms. The summed E-state index contributed by atoms with van der Waals surface area (Å²) in [7, 11) is 0.425. The number of hydrogen-bond acceptors (Lipinski definition) is 4. The zero-order chi connectivity index (χ0) is 15.7. The quantitative estimate of drug-likeness (QED) is 0.436. The minimum absolute atomic E-state index is 0.344. The summed E-state index contributed by atoms with van der Waals surface area (Å²) in [6, 6.07) is 0.641. The summed E-state index contributed by atoms with van der Waals surface area (Å²) in [5.41, 5.74) is -1.60. The maximum absolute atomic E-state index is 12.8. The van der Waals surface area contributed by atoms with Gasteiger partial charge in [0.05, 0.1) is 5.56 Å². The lowest BCUT2D eigenvalue weighted by molar-refractivity contribution is -0.276. The molecule has 114 valence electrons. The Kier molecular flexibility index (Phi) is 5.19. The molecule has 0 aliphatic rings. The standard InChI is InChI=1S/C8H4BrClF5NO3S/c9-2-3-1-4(20(10,17)18)16-7(5(3)6(11)12)19-8(13,14)15/h1,6H,2H2. The second-order valence-electron chi connectivity index (χ2n) is 3.26. The van der Waals surface area contributed by atoms with Crippen molar-refractivity contribution in [3.63, 3.8) is 0 Å². The van der Waals surface area contributed by atoms with Gasteiger partial charge in [0.2, 0.25) is 5.88 Å². The zero-order valence-corrected chi connectivity index (χ0v) is 12.2. The number of aromatic nitrogens is 1. The van der Waals surface area contributed by atoms with Gasteiger partial charge in [-0.3, -0.25) is 0 Å². The van der Waals surface area contributed by atoms with E-state index in [0.717, 1.165) is 0 Å². The van der Waals surface area contributed by atoms with Crippen LogP contribution in [0.3, 0.4) is 0 Å². The summed E-state index contributed by atoms with van der Waals surface area (Å²) in [6.45, 7) is 0. The van der Waals surface area contributed by atoms with Crippen LogP contribution in [0.15, 0.2) is 11.1 Å². The molecule has 0 unspecified atom stereocenters. The Morgan fingerprint density at radius 2 is 1.95 bits per heavy atom. The minimum atomic E-state index is -5.31. The summed E-state index contributed by atoms with van der Waals surface area (Å²) in [4.78, 5) is 2.90. The molecule has 1 rings (SSSR count). The third-order valence-corrected chi connectivity index (χ3v) is 3.70. The fourth-order valence-electron chi connectivity index (χ4n) is 1.21. The molecule has 0 saturated carbocycles. The number of alkyl halides is 6. The van der Waals surface area contributed by atoms with Crippen LogP contribution < -0.4 is 4.74 Å². The van der Waals surface area contributed by atoms with Crippen LogP contribution in [0, 0.1) is 0 Å². The van der Waals surface area contributed by atoms with Crippen molar-refractivity contribution in [1.82, 2.24) is 4.98 Å². The van der Waals surface area contributed by atoms with E-state index < -0.39 is 43.9 Å². The van der Waals surface area contributed by atoms with Crippen LogP contribution in [0.5, 0.6) is 5.88 Å². The molecule has 0 N–H and O–H groups in total. The second kappa shape index (κ2) is 5.98. The van der Waals surface area contributed by atoms with Gasteiger partial charge in [-0.05, 0) is 11.6 Å². The van der Waals surface area contributed by atoms with E-state index in [1.807, 2.05) is 0 Å². The van der Waals surface area contributed by atoms with Gasteiger partial charge >= 0.3 is 6.36 Å². The SMILES string of the molecule is O=S(=O)(Cl)c1cc(CBr)c(C(F)F)c(OC(F)(F)F)n1. The predicted octanol–water partition coefficient (Wildman–Crippen LogP) is 3.74. The highest BCUT2D eigenvalue weighted by Gasteiger charge is 2.36. The average Bonchev–Trinajstić information content (AvgIpc) is 2.23. The van der Waals surface area contributed by atoms with Crippen molar-refractivity contribution in [1.29, 1.82) is 0 Å². The van der Waals surface area contributed by atoms with Crippen molar-refractivity contribution in [2.45, 2.75) is 23.1 Å². The predicted molar refractivity (Wildman–Crippen MR) is 61.5 cm³/mol. The number of rotatable bonds is 4. The van der Waals surface area contributed by atoms with Gasteiger partial charge in [-0.1, -0.05) is 15.9 Å². The molecule has 0 bridgehead atoms. The lowest BCUT2D eigenvalue weighted by atomic mass is 10.1. The fourth-order valence-corrected chi connectivity index (χ4v) is 2.39. The van der Waals surface area contributed by atoms with Crippen molar-refractivity contribution in [3.8, 4) is 5.88 Å². The molecule has 0 amide bonds. The van der Waals surface area contributed by atoms with Crippen LogP contribution in [0.25, 0.3) is 0 Å². The Hall–Kier alpha value is -0.680. The summed E-state index contributed by atoms with van der Waals surface area (Å²) in [5, 5.41) is -1.36. The van der Waals surface area contributed by atoms with Crippen LogP contribution in [-0.2, 0) is 14.4 Å². The van der Waals surface area contributed by atoms with E-state index in [1.54, 1.807) is 0 Å². The van der Waals surface area contributed by atoms with E-state index >= 15 is 0 Å². The lowest BCUT2D eigenvalue weighted by Gasteiger charge is -2.15. The van der Waals surface area contributed by atoms with Gasteiger partial charge in [-0.25, -0.2) is 17.2 Å². The molecule has 0 spiro atoms. The minimum Gasteiger partial charge on any atom is -0.387 e. The number of pyridine rings is 1. The van der Waals surface area contributed by atoms with Crippen molar-refractivity contribution in [3.05, 3.63) is 17.2 Å². The Morgan fingerprint density at radius 1 is 1.40 bits per heavy atom. The molecule has 0 aliphatic heterocycles. The molecule has 12 heteroatoms. The molecular weight excluding hydrogens is 401 g/mol. The van der Waals surface area contributed by atoms with Crippen molar-refractivity contribution in [2.24, 2.45) is 0 Å². The third kappa shape index (κ3) is 4.42. The number of nitrogens with zero attached hydrogens (tertiary/aromatic N) is 1. The normalized spacial score (nSPS) is 12.8. The number of halogens is 7. The molecule has 1 aromatic heterocycles. The number of ether oxygens (including phenoxy) is 1. The van der Waals surface area contributed by atoms with Crippen molar-refractivity contribution >= 4 is 35.7 Å². The molecule has 0 radical (unpaired) electrons. The highest BCUT2D eigenvalue weighted by atomic mass is 79.9. The van der Waals surface area contributed by atoms with E-state index in [2.05, 4.69) is 25.7 Å². The topological polar surface area (TPSA) is 56.3 Å². The van der Waals surface area contributed by atoms with Gasteiger partial charge < -0.3 is 4.74 Å². The van der Waals surface area contributed by atoms with Gasteiger partial charge in [-0.15, -0.1) is 13.2 Å². The average molecular weight is 405 g/mol. The maximum Gasteiger partial charge on any atom is 0.574 e. The van der Waals surface area contributed by atoms with Crippen LogP contribution in [0.1, 0.15) is 17.6 Å². The molecule has 4 nitrogen and oxygen atoms in total. The molecule has 0 fully saturated rings. The van der Waals surface area contributed by atoms with E-state index in [4.69, 9.17) is 10.7 Å². The third-order valence-electron chi connectivity index (χ3n) is 1.91. The molecule has 0 atom stereocenters. The Labute approximate surface area is 122 Å². The highest BCUT2D eigenvalue weighted by molar-refractivity contribution is 9.08. The van der Waals surface area contributed by atoms with E-state index in [9.17, 15) is 30.4 Å². The van der Waals surface area contributed by atoms with Crippen LogP contribution in [0.4, 0.5) is 22.0 Å². The fraction of sp³-hybridized carbons (Fsp3) is 0.375. The molecule has 0 aliphatic carbocycles. The smallest absolute Gasteiger partial charge is 0.387 e. The molecule has 0 aromatic carbocycles. The summed E-state index contributed by atoms with van der Waals surface area (Å²) >= 11 is 2.76. The van der Waals surface area contributed by atoms with E-state index in [-0.39, 0.29) is 5.33 Å². The lowest BCUT2D eigenvalue weighted by Crippen LogP contribution is -2.20. The first-order valence-electron chi connectivity index (χ1n) is 4.54. The van der Waals surface area contributed by atoms with Crippen molar-refractivity contribution in [2.75, 3.05) is 0 Å². The monoisotopic (exact) mass is 403 g/mol. The van der Waals surface area contributed by atoms with Gasteiger partial charge in [0.15, 0.2) is 5.03 Å². The maximum atomic E-state index is 12.8. The molecule has 0 saturated heterocycles. The van der Waals surface area contributed by atoms with Crippen LogP contribution >= 0.6 is 26.6 Å². The highest BCUT2D eigenvalue weighted by Crippen LogP contribution is 2.36.